The number of nitrogens with one attached hydrogen (secondary N) is 1. The van der Waals surface area contributed by atoms with Crippen molar-refractivity contribution in [2.75, 3.05) is 13.2 Å². The normalized spacial score (nSPS) is 11.2. The number of non-ortho nitro benzene ring substituents is 1. The molecular weight excluding hydrogens is 332 g/mol. The van der Waals surface area contributed by atoms with Crippen molar-refractivity contribution in [1.82, 2.24) is 4.72 Å². The average molecular weight is 350 g/mol. The molecular formula is C16H18N2O5S. The summed E-state index contributed by atoms with van der Waals surface area (Å²) in [5.41, 5.74) is 0.916. The van der Waals surface area contributed by atoms with Gasteiger partial charge in [-0.1, -0.05) is 25.1 Å². The average Bonchev–Trinajstić information content (AvgIpc) is 2.59. The zero-order valence-corrected chi connectivity index (χ0v) is 14.0. The van der Waals surface area contributed by atoms with Crippen LogP contribution >= 0.6 is 0 Å². The molecule has 0 spiro atoms. The van der Waals surface area contributed by atoms with E-state index in [1.54, 1.807) is 0 Å². The number of ether oxygens (including phenoxy) is 1. The van der Waals surface area contributed by atoms with Crippen molar-refractivity contribution >= 4 is 15.7 Å². The smallest absolute Gasteiger partial charge is 0.270 e. The van der Waals surface area contributed by atoms with E-state index in [0.717, 1.165) is 12.5 Å². The summed E-state index contributed by atoms with van der Waals surface area (Å²) in [6, 6.07) is 12.4. The highest BCUT2D eigenvalue weighted by Gasteiger charge is 2.17. The van der Waals surface area contributed by atoms with Crippen molar-refractivity contribution < 1.29 is 18.1 Å². The van der Waals surface area contributed by atoms with Crippen LogP contribution in [0, 0.1) is 10.1 Å². The van der Waals surface area contributed by atoms with Crippen LogP contribution in [0.3, 0.4) is 0 Å². The molecule has 2 aromatic rings. The summed E-state index contributed by atoms with van der Waals surface area (Å²) in [6.45, 7) is 2.26. The van der Waals surface area contributed by atoms with Crippen LogP contribution in [0.4, 0.5) is 5.69 Å². The van der Waals surface area contributed by atoms with E-state index in [9.17, 15) is 18.5 Å². The highest BCUT2D eigenvalue weighted by atomic mass is 32.2. The first-order valence-corrected chi connectivity index (χ1v) is 8.86. The lowest BCUT2D eigenvalue weighted by Gasteiger charge is -2.09. The molecule has 7 nitrogen and oxygen atoms in total. The van der Waals surface area contributed by atoms with Gasteiger partial charge in [0.05, 0.1) is 9.82 Å². The molecule has 0 bridgehead atoms. The maximum absolute atomic E-state index is 12.1. The minimum atomic E-state index is -3.82. The number of aryl methyl sites for hydroxylation is 1. The number of nitro groups is 1. The van der Waals surface area contributed by atoms with Gasteiger partial charge in [-0.15, -0.1) is 0 Å². The summed E-state index contributed by atoms with van der Waals surface area (Å²) < 4.78 is 32.0. The van der Waals surface area contributed by atoms with Crippen LogP contribution in [-0.4, -0.2) is 26.5 Å². The highest BCUT2D eigenvalue weighted by Crippen LogP contribution is 2.17. The van der Waals surface area contributed by atoms with Gasteiger partial charge in [0.15, 0.2) is 0 Å². The molecule has 8 heteroatoms. The third-order valence-corrected chi connectivity index (χ3v) is 4.79. The van der Waals surface area contributed by atoms with Gasteiger partial charge in [0, 0.05) is 18.7 Å². The first-order chi connectivity index (χ1) is 11.4. The van der Waals surface area contributed by atoms with Gasteiger partial charge in [-0.05, 0) is 30.2 Å². The quantitative estimate of drug-likeness (QED) is 0.448. The Kier molecular flexibility index (Phi) is 5.88. The highest BCUT2D eigenvalue weighted by molar-refractivity contribution is 7.89. The Balaban J connectivity index is 1.90. The Labute approximate surface area is 140 Å². The molecule has 24 heavy (non-hydrogen) atoms. The zero-order chi connectivity index (χ0) is 17.6. The van der Waals surface area contributed by atoms with Crippen LogP contribution in [0.5, 0.6) is 5.75 Å². The van der Waals surface area contributed by atoms with Gasteiger partial charge in [-0.2, -0.15) is 0 Å². The second-order valence-corrected chi connectivity index (χ2v) is 6.77. The van der Waals surface area contributed by atoms with Crippen molar-refractivity contribution in [2.24, 2.45) is 0 Å². The summed E-state index contributed by atoms with van der Waals surface area (Å²) in [7, 11) is -3.82. The van der Waals surface area contributed by atoms with Crippen molar-refractivity contribution in [3.8, 4) is 5.75 Å². The van der Waals surface area contributed by atoms with E-state index in [1.807, 2.05) is 24.3 Å². The molecule has 0 heterocycles. The molecule has 0 aromatic heterocycles. The van der Waals surface area contributed by atoms with Crippen molar-refractivity contribution in [3.05, 3.63) is 64.2 Å². The number of benzene rings is 2. The molecule has 2 rings (SSSR count). The van der Waals surface area contributed by atoms with Crippen molar-refractivity contribution in [3.63, 3.8) is 0 Å². The fourth-order valence-electron chi connectivity index (χ4n) is 2.01. The second-order valence-electron chi connectivity index (χ2n) is 5.00. The van der Waals surface area contributed by atoms with E-state index in [-0.39, 0.29) is 23.7 Å². The van der Waals surface area contributed by atoms with E-state index in [2.05, 4.69) is 11.6 Å². The van der Waals surface area contributed by atoms with Gasteiger partial charge >= 0.3 is 0 Å². The maximum atomic E-state index is 12.1. The summed E-state index contributed by atoms with van der Waals surface area (Å²) in [6.07, 6.45) is 0.934. The summed E-state index contributed by atoms with van der Waals surface area (Å²) in [5, 5.41) is 10.7. The number of nitrogens with zero attached hydrogens (tertiary/aromatic N) is 1. The number of rotatable bonds is 8. The van der Waals surface area contributed by atoms with E-state index in [4.69, 9.17) is 4.74 Å². The summed E-state index contributed by atoms with van der Waals surface area (Å²) in [5.74, 6) is 0.654. The standard InChI is InChI=1S/C16H18N2O5S/c1-2-13-6-8-15(9-7-13)23-11-10-17-24(21,22)16-5-3-4-14(12-16)18(19)20/h3-9,12,17H,2,10-11H2,1H3. The van der Waals surface area contributed by atoms with E-state index in [0.29, 0.717) is 5.75 Å². The fourth-order valence-corrected chi connectivity index (χ4v) is 3.07. The van der Waals surface area contributed by atoms with Gasteiger partial charge in [-0.3, -0.25) is 10.1 Å². The Bertz CT molecular complexity index is 803. The number of nitro benzene ring substituents is 1. The van der Waals surface area contributed by atoms with Crippen LogP contribution in [0.15, 0.2) is 53.4 Å². The molecule has 0 fully saturated rings. The molecule has 0 atom stereocenters. The third kappa shape index (κ3) is 4.77. The monoisotopic (exact) mass is 350 g/mol. The Morgan fingerprint density at radius 1 is 1.17 bits per heavy atom. The minimum Gasteiger partial charge on any atom is -0.492 e. The lowest BCUT2D eigenvalue weighted by Crippen LogP contribution is -2.28. The molecule has 0 aliphatic heterocycles. The Hall–Kier alpha value is -2.45. The molecule has 2 aromatic carbocycles. The minimum absolute atomic E-state index is 0.0561. The predicted octanol–water partition coefficient (Wildman–Crippen LogP) is 2.51. The van der Waals surface area contributed by atoms with Crippen LogP contribution in [0.2, 0.25) is 0 Å². The van der Waals surface area contributed by atoms with Gasteiger partial charge < -0.3 is 4.74 Å². The van der Waals surface area contributed by atoms with Crippen molar-refractivity contribution in [1.29, 1.82) is 0 Å². The van der Waals surface area contributed by atoms with E-state index < -0.39 is 14.9 Å². The second kappa shape index (κ2) is 7.89. The van der Waals surface area contributed by atoms with E-state index >= 15 is 0 Å². The lowest BCUT2D eigenvalue weighted by molar-refractivity contribution is -0.385. The van der Waals surface area contributed by atoms with E-state index in [1.165, 1.54) is 23.8 Å². The molecule has 0 saturated heterocycles. The number of hydrogen-bond acceptors (Lipinski definition) is 5. The molecule has 0 radical (unpaired) electrons. The predicted molar refractivity (Wildman–Crippen MR) is 89.6 cm³/mol. The van der Waals surface area contributed by atoms with Crippen LogP contribution in [0.1, 0.15) is 12.5 Å². The van der Waals surface area contributed by atoms with Crippen LogP contribution in [-0.2, 0) is 16.4 Å². The zero-order valence-electron chi connectivity index (χ0n) is 13.1. The van der Waals surface area contributed by atoms with Gasteiger partial charge in [0.25, 0.3) is 5.69 Å². The topological polar surface area (TPSA) is 98.5 Å². The molecule has 0 unspecified atom stereocenters. The van der Waals surface area contributed by atoms with Crippen LogP contribution < -0.4 is 9.46 Å². The molecule has 0 amide bonds. The largest absolute Gasteiger partial charge is 0.492 e. The number of hydrogen-bond donors (Lipinski definition) is 1. The van der Waals surface area contributed by atoms with Crippen molar-refractivity contribution in [2.45, 2.75) is 18.2 Å². The lowest BCUT2D eigenvalue weighted by atomic mass is 10.2. The molecule has 0 aliphatic rings. The fraction of sp³-hybridized carbons (Fsp3) is 0.250. The van der Waals surface area contributed by atoms with Gasteiger partial charge in [0.1, 0.15) is 12.4 Å². The van der Waals surface area contributed by atoms with Gasteiger partial charge in [-0.25, -0.2) is 13.1 Å². The van der Waals surface area contributed by atoms with Gasteiger partial charge in [0.2, 0.25) is 10.0 Å². The first-order valence-electron chi connectivity index (χ1n) is 7.38. The Morgan fingerprint density at radius 2 is 1.88 bits per heavy atom. The SMILES string of the molecule is CCc1ccc(OCCNS(=O)(=O)c2cccc([N+](=O)[O-])c2)cc1. The molecule has 0 saturated carbocycles. The number of sulfonamides is 1. The van der Waals surface area contributed by atoms with Crippen LogP contribution in [0.25, 0.3) is 0 Å². The maximum Gasteiger partial charge on any atom is 0.270 e. The first kappa shape index (κ1) is 17.9. The molecule has 128 valence electrons. The molecule has 1 N–H and O–H groups in total. The third-order valence-electron chi connectivity index (χ3n) is 3.33. The Morgan fingerprint density at radius 3 is 2.50 bits per heavy atom. The summed E-state index contributed by atoms with van der Waals surface area (Å²) in [4.78, 5) is 9.93. The summed E-state index contributed by atoms with van der Waals surface area (Å²) >= 11 is 0. The molecule has 0 aliphatic carbocycles.